The van der Waals surface area contributed by atoms with Gasteiger partial charge in [-0.1, -0.05) is 61.8 Å². The minimum Gasteiger partial charge on any atom is -0.377 e. The summed E-state index contributed by atoms with van der Waals surface area (Å²) >= 11 is 9.67. The van der Waals surface area contributed by atoms with Crippen LogP contribution in [0, 0.1) is 5.92 Å². The second-order valence-electron chi connectivity index (χ2n) is 4.88. The molecule has 0 aliphatic heterocycles. The van der Waals surface area contributed by atoms with Crippen molar-refractivity contribution >= 4 is 33.2 Å². The molecule has 0 spiro atoms. The summed E-state index contributed by atoms with van der Waals surface area (Å²) < 4.78 is 0.915. The lowest BCUT2D eigenvalue weighted by molar-refractivity contribution is 0.546. The Morgan fingerprint density at radius 1 is 1.00 bits per heavy atom. The number of hydrogen-bond donors (Lipinski definition) is 1. The van der Waals surface area contributed by atoms with Crippen LogP contribution in [0.2, 0.25) is 5.02 Å². The summed E-state index contributed by atoms with van der Waals surface area (Å²) in [4.78, 5) is 0. The first-order chi connectivity index (χ1) is 9.09. The summed E-state index contributed by atoms with van der Waals surface area (Å²) in [6, 6.07) is 16.6. The van der Waals surface area contributed by atoms with Gasteiger partial charge >= 0.3 is 0 Å². The van der Waals surface area contributed by atoms with E-state index in [9.17, 15) is 0 Å². The van der Waals surface area contributed by atoms with Gasteiger partial charge in [-0.3, -0.25) is 0 Å². The van der Waals surface area contributed by atoms with Gasteiger partial charge in [-0.2, -0.15) is 0 Å². The molecular formula is C16H17BrClN. The number of benzene rings is 2. The van der Waals surface area contributed by atoms with Gasteiger partial charge in [-0.15, -0.1) is 0 Å². The first-order valence-electron chi connectivity index (χ1n) is 6.35. The van der Waals surface area contributed by atoms with E-state index in [0.29, 0.717) is 5.92 Å². The number of rotatable bonds is 4. The van der Waals surface area contributed by atoms with Crippen molar-refractivity contribution in [2.24, 2.45) is 5.92 Å². The van der Waals surface area contributed by atoms with Crippen molar-refractivity contribution in [1.82, 2.24) is 0 Å². The molecule has 1 atom stereocenters. The fourth-order valence-electron chi connectivity index (χ4n) is 2.08. The van der Waals surface area contributed by atoms with E-state index >= 15 is 0 Å². The van der Waals surface area contributed by atoms with Crippen molar-refractivity contribution in [2.45, 2.75) is 19.9 Å². The highest BCUT2D eigenvalue weighted by Crippen LogP contribution is 2.34. The topological polar surface area (TPSA) is 12.0 Å². The molecule has 1 N–H and O–H groups in total. The Morgan fingerprint density at radius 2 is 1.68 bits per heavy atom. The van der Waals surface area contributed by atoms with Crippen LogP contribution < -0.4 is 5.32 Å². The van der Waals surface area contributed by atoms with Gasteiger partial charge in [0, 0.05) is 0 Å². The largest absolute Gasteiger partial charge is 0.377 e. The molecule has 0 saturated carbocycles. The maximum atomic E-state index is 6.14. The normalized spacial score (nSPS) is 12.5. The van der Waals surface area contributed by atoms with Crippen LogP contribution in [0.25, 0.3) is 0 Å². The monoisotopic (exact) mass is 337 g/mol. The predicted octanol–water partition coefficient (Wildman–Crippen LogP) is 5.91. The van der Waals surface area contributed by atoms with Crippen molar-refractivity contribution in [3.8, 4) is 0 Å². The van der Waals surface area contributed by atoms with Gasteiger partial charge < -0.3 is 5.32 Å². The van der Waals surface area contributed by atoms with Crippen LogP contribution in [0.5, 0.6) is 0 Å². The van der Waals surface area contributed by atoms with Crippen LogP contribution in [0.1, 0.15) is 25.5 Å². The van der Waals surface area contributed by atoms with Crippen LogP contribution in [-0.4, -0.2) is 0 Å². The van der Waals surface area contributed by atoms with E-state index < -0.39 is 0 Å². The SMILES string of the molecule is CC(C)C(Nc1cccc(Cl)c1Br)c1ccccc1. The van der Waals surface area contributed by atoms with Crippen molar-refractivity contribution in [1.29, 1.82) is 0 Å². The Kier molecular flexibility index (Phi) is 4.89. The van der Waals surface area contributed by atoms with E-state index in [0.717, 1.165) is 15.2 Å². The molecule has 0 aromatic heterocycles. The van der Waals surface area contributed by atoms with Crippen molar-refractivity contribution in [2.75, 3.05) is 5.32 Å². The number of nitrogens with one attached hydrogen (secondary N) is 1. The summed E-state index contributed by atoms with van der Waals surface area (Å²) in [6.45, 7) is 4.42. The molecule has 0 fully saturated rings. The van der Waals surface area contributed by atoms with Crippen molar-refractivity contribution in [3.63, 3.8) is 0 Å². The van der Waals surface area contributed by atoms with E-state index in [1.807, 2.05) is 24.3 Å². The van der Waals surface area contributed by atoms with E-state index in [2.05, 4.69) is 59.4 Å². The molecule has 100 valence electrons. The molecule has 2 aromatic rings. The molecule has 2 rings (SSSR count). The maximum absolute atomic E-state index is 6.14. The fourth-order valence-corrected chi connectivity index (χ4v) is 2.63. The van der Waals surface area contributed by atoms with Gasteiger partial charge in [-0.25, -0.2) is 0 Å². The average Bonchev–Trinajstić information content (AvgIpc) is 2.41. The summed E-state index contributed by atoms with van der Waals surface area (Å²) in [5.41, 5.74) is 2.31. The van der Waals surface area contributed by atoms with Gasteiger partial charge in [0.1, 0.15) is 0 Å². The Morgan fingerprint density at radius 3 is 2.32 bits per heavy atom. The lowest BCUT2D eigenvalue weighted by Crippen LogP contribution is -2.17. The molecule has 0 saturated heterocycles. The molecule has 0 radical (unpaired) electrons. The number of hydrogen-bond acceptors (Lipinski definition) is 1. The molecule has 1 unspecified atom stereocenters. The Hall–Kier alpha value is -0.990. The minimum atomic E-state index is 0.260. The van der Waals surface area contributed by atoms with Gasteiger partial charge in [0.2, 0.25) is 0 Å². The number of anilines is 1. The van der Waals surface area contributed by atoms with Crippen LogP contribution in [0.15, 0.2) is 53.0 Å². The molecule has 0 amide bonds. The summed E-state index contributed by atoms with van der Waals surface area (Å²) in [5, 5.41) is 4.30. The standard InChI is InChI=1S/C16H17BrClN/c1-11(2)16(12-7-4-3-5-8-12)19-14-10-6-9-13(18)15(14)17/h3-11,16,19H,1-2H3. The van der Waals surface area contributed by atoms with Crippen LogP contribution in [0.3, 0.4) is 0 Å². The summed E-state index contributed by atoms with van der Waals surface area (Å²) in [7, 11) is 0. The highest BCUT2D eigenvalue weighted by atomic mass is 79.9. The summed E-state index contributed by atoms with van der Waals surface area (Å²) in [5.74, 6) is 0.480. The van der Waals surface area contributed by atoms with Gasteiger partial charge in [0.15, 0.2) is 0 Å². The summed E-state index contributed by atoms with van der Waals surface area (Å²) in [6.07, 6.45) is 0. The quantitative estimate of drug-likeness (QED) is 0.730. The molecule has 0 heterocycles. The van der Waals surface area contributed by atoms with Crippen LogP contribution >= 0.6 is 27.5 Å². The van der Waals surface area contributed by atoms with E-state index in [1.54, 1.807) is 0 Å². The molecule has 0 aliphatic rings. The zero-order valence-corrected chi connectivity index (χ0v) is 13.4. The lowest BCUT2D eigenvalue weighted by Gasteiger charge is -2.25. The average molecular weight is 339 g/mol. The lowest BCUT2D eigenvalue weighted by atomic mass is 9.96. The van der Waals surface area contributed by atoms with Gasteiger partial charge in [0.25, 0.3) is 0 Å². The van der Waals surface area contributed by atoms with E-state index in [4.69, 9.17) is 11.6 Å². The molecule has 3 heteroatoms. The fraction of sp³-hybridized carbons (Fsp3) is 0.250. The Balaban J connectivity index is 2.30. The van der Waals surface area contributed by atoms with Gasteiger partial charge in [0.05, 0.1) is 21.2 Å². The Bertz CT molecular complexity index is 540. The molecule has 0 aliphatic carbocycles. The van der Waals surface area contributed by atoms with Crippen LogP contribution in [-0.2, 0) is 0 Å². The molecular weight excluding hydrogens is 322 g/mol. The van der Waals surface area contributed by atoms with Crippen molar-refractivity contribution < 1.29 is 0 Å². The first kappa shape index (κ1) is 14.4. The Labute approximate surface area is 128 Å². The second kappa shape index (κ2) is 6.44. The first-order valence-corrected chi connectivity index (χ1v) is 7.52. The van der Waals surface area contributed by atoms with E-state index in [-0.39, 0.29) is 6.04 Å². The third-order valence-corrected chi connectivity index (χ3v) is 4.49. The smallest absolute Gasteiger partial charge is 0.0593 e. The zero-order chi connectivity index (χ0) is 13.8. The second-order valence-corrected chi connectivity index (χ2v) is 6.08. The van der Waals surface area contributed by atoms with E-state index in [1.165, 1.54) is 5.56 Å². The third kappa shape index (κ3) is 3.52. The molecule has 19 heavy (non-hydrogen) atoms. The van der Waals surface area contributed by atoms with Gasteiger partial charge in [-0.05, 0) is 39.5 Å². The minimum absolute atomic E-state index is 0.260. The molecule has 1 nitrogen and oxygen atoms in total. The predicted molar refractivity (Wildman–Crippen MR) is 86.8 cm³/mol. The number of halogens is 2. The highest BCUT2D eigenvalue weighted by Gasteiger charge is 2.16. The zero-order valence-electron chi connectivity index (χ0n) is 11.0. The molecule has 0 bridgehead atoms. The highest BCUT2D eigenvalue weighted by molar-refractivity contribution is 9.10. The molecule has 2 aromatic carbocycles. The van der Waals surface area contributed by atoms with Crippen molar-refractivity contribution in [3.05, 3.63) is 63.6 Å². The third-order valence-electron chi connectivity index (χ3n) is 3.09. The van der Waals surface area contributed by atoms with Crippen LogP contribution in [0.4, 0.5) is 5.69 Å². The maximum Gasteiger partial charge on any atom is 0.0593 e.